The summed E-state index contributed by atoms with van der Waals surface area (Å²) in [6, 6.07) is 5.52. The fourth-order valence-electron chi connectivity index (χ4n) is 3.84. The summed E-state index contributed by atoms with van der Waals surface area (Å²) in [5.74, 6) is -0.688. The third-order valence-electron chi connectivity index (χ3n) is 5.57. The Morgan fingerprint density at radius 1 is 1.24 bits per heavy atom. The normalized spacial score (nSPS) is 16.0. The Labute approximate surface area is 200 Å². The number of ether oxygens (including phenoxy) is 1. The Bertz CT molecular complexity index is 1260. The van der Waals surface area contributed by atoms with Crippen molar-refractivity contribution in [1.29, 1.82) is 0 Å². The van der Waals surface area contributed by atoms with E-state index in [1.165, 1.54) is 12.1 Å². The maximum absolute atomic E-state index is 13.6. The van der Waals surface area contributed by atoms with Gasteiger partial charge in [0.25, 0.3) is 5.91 Å². The van der Waals surface area contributed by atoms with Crippen molar-refractivity contribution in [2.75, 3.05) is 13.2 Å². The highest BCUT2D eigenvalue weighted by molar-refractivity contribution is 6.76. The van der Waals surface area contributed by atoms with Gasteiger partial charge in [-0.05, 0) is 45.0 Å². The number of fused-ring (bicyclic) bond motifs is 2. The molecule has 2 heterocycles. The van der Waals surface area contributed by atoms with Crippen LogP contribution in [0.3, 0.4) is 0 Å². The first-order chi connectivity index (χ1) is 15.9. The van der Waals surface area contributed by atoms with Gasteiger partial charge in [-0.1, -0.05) is 25.7 Å². The van der Waals surface area contributed by atoms with E-state index in [9.17, 15) is 9.18 Å². The van der Waals surface area contributed by atoms with E-state index in [0.717, 1.165) is 17.1 Å². The molecule has 9 heteroatoms. The average Bonchev–Trinajstić information content (AvgIpc) is 3.30. The maximum atomic E-state index is 13.6. The third kappa shape index (κ3) is 5.42. The number of aromatic nitrogens is 4. The Hall–Kier alpha value is -2.91. The van der Waals surface area contributed by atoms with Crippen molar-refractivity contribution in [2.45, 2.75) is 57.9 Å². The smallest absolute Gasteiger partial charge is 0.253 e. The molecule has 34 heavy (non-hydrogen) atoms. The largest absolute Gasteiger partial charge is 0.381 e. The Kier molecular flexibility index (Phi) is 6.43. The van der Waals surface area contributed by atoms with E-state index in [-0.39, 0.29) is 17.6 Å². The summed E-state index contributed by atoms with van der Waals surface area (Å²) in [6.45, 7) is 13.9. The topological polar surface area (TPSA) is 92.8 Å². The lowest BCUT2D eigenvalue weighted by molar-refractivity contribution is -0.116. The SMILES string of the molecule is CC(C)(C)NC(=O)C1=CC(COCC[Si](C)(C)C)c2ncc(-c3n[nH]c4cc(F)ccc34)nc21. The molecule has 0 aliphatic heterocycles. The highest BCUT2D eigenvalue weighted by atomic mass is 28.3. The van der Waals surface area contributed by atoms with Crippen LogP contribution in [0.4, 0.5) is 4.39 Å². The van der Waals surface area contributed by atoms with E-state index in [1.807, 2.05) is 26.8 Å². The molecule has 1 atom stereocenters. The lowest BCUT2D eigenvalue weighted by Gasteiger charge is -2.21. The monoisotopic (exact) mass is 481 g/mol. The predicted molar refractivity (Wildman–Crippen MR) is 135 cm³/mol. The molecule has 7 nitrogen and oxygen atoms in total. The van der Waals surface area contributed by atoms with E-state index in [1.54, 1.807) is 12.3 Å². The van der Waals surface area contributed by atoms with Gasteiger partial charge in [-0.25, -0.2) is 9.37 Å². The zero-order chi connectivity index (χ0) is 24.7. The van der Waals surface area contributed by atoms with Gasteiger partial charge in [0.2, 0.25) is 0 Å². The van der Waals surface area contributed by atoms with Crippen molar-refractivity contribution < 1.29 is 13.9 Å². The molecule has 1 aliphatic carbocycles. The zero-order valence-corrected chi connectivity index (χ0v) is 21.6. The van der Waals surface area contributed by atoms with E-state index in [2.05, 4.69) is 40.1 Å². The van der Waals surface area contributed by atoms with Crippen LogP contribution in [0.5, 0.6) is 0 Å². The number of nitrogens with one attached hydrogen (secondary N) is 2. The molecule has 3 aromatic rings. The third-order valence-corrected chi connectivity index (χ3v) is 7.27. The summed E-state index contributed by atoms with van der Waals surface area (Å²) in [4.78, 5) is 22.6. The van der Waals surface area contributed by atoms with Gasteiger partial charge in [-0.3, -0.25) is 14.9 Å². The van der Waals surface area contributed by atoms with Crippen molar-refractivity contribution in [1.82, 2.24) is 25.5 Å². The number of nitrogens with zero attached hydrogens (tertiary/aromatic N) is 3. The predicted octanol–water partition coefficient (Wildman–Crippen LogP) is 4.91. The molecular weight excluding hydrogens is 449 g/mol. The highest BCUT2D eigenvalue weighted by Crippen LogP contribution is 2.36. The number of rotatable bonds is 7. The molecule has 0 fully saturated rings. The molecule has 1 aliphatic rings. The first kappa shape index (κ1) is 24.2. The fourth-order valence-corrected chi connectivity index (χ4v) is 4.59. The van der Waals surface area contributed by atoms with Gasteiger partial charge in [-0.15, -0.1) is 0 Å². The lowest BCUT2D eigenvalue weighted by atomic mass is 10.1. The number of hydrogen-bond acceptors (Lipinski definition) is 5. The van der Waals surface area contributed by atoms with E-state index >= 15 is 0 Å². The van der Waals surface area contributed by atoms with E-state index < -0.39 is 13.6 Å². The number of amides is 1. The fraction of sp³-hybridized carbons (Fsp3) is 0.440. The summed E-state index contributed by atoms with van der Waals surface area (Å²) in [7, 11) is -1.19. The van der Waals surface area contributed by atoms with Crippen LogP contribution in [-0.2, 0) is 9.53 Å². The number of carbonyl (C=O) groups is 1. The average molecular weight is 482 g/mol. The van der Waals surface area contributed by atoms with Gasteiger partial charge < -0.3 is 10.1 Å². The second kappa shape index (κ2) is 9.03. The molecule has 1 unspecified atom stereocenters. The van der Waals surface area contributed by atoms with Crippen LogP contribution in [0.15, 0.2) is 30.5 Å². The summed E-state index contributed by atoms with van der Waals surface area (Å²) < 4.78 is 19.6. The number of benzene rings is 1. The van der Waals surface area contributed by atoms with Crippen molar-refractivity contribution in [3.63, 3.8) is 0 Å². The summed E-state index contributed by atoms with van der Waals surface area (Å²) >= 11 is 0. The molecule has 1 amide bonds. The van der Waals surface area contributed by atoms with Crippen molar-refractivity contribution in [3.05, 3.63) is 47.7 Å². The van der Waals surface area contributed by atoms with Crippen LogP contribution in [-0.4, -0.2) is 52.9 Å². The van der Waals surface area contributed by atoms with Gasteiger partial charge >= 0.3 is 0 Å². The molecule has 2 aromatic heterocycles. The molecule has 180 valence electrons. The maximum Gasteiger partial charge on any atom is 0.253 e. The number of carbonyl (C=O) groups excluding carboxylic acids is 1. The van der Waals surface area contributed by atoms with Crippen molar-refractivity contribution >= 4 is 30.5 Å². The first-order valence-electron chi connectivity index (χ1n) is 11.5. The molecule has 2 N–H and O–H groups in total. The van der Waals surface area contributed by atoms with Crippen LogP contribution < -0.4 is 5.32 Å². The van der Waals surface area contributed by atoms with Crippen LogP contribution in [0, 0.1) is 5.82 Å². The molecule has 1 aromatic carbocycles. The standard InChI is InChI=1S/C25H32FN5O2Si/c1-25(2,3)29-24(32)18-11-15(14-33-9-10-34(4,5)6)21-23(18)28-20(13-27-21)22-17-8-7-16(26)12-19(17)30-31-22/h7-8,11-13,15H,9-10,14H2,1-6H3,(H,29,32)(H,30,31). The van der Waals surface area contributed by atoms with Crippen LogP contribution in [0.2, 0.25) is 25.7 Å². The quantitative estimate of drug-likeness (QED) is 0.369. The second-order valence-electron chi connectivity index (χ2n) is 11.0. The highest BCUT2D eigenvalue weighted by Gasteiger charge is 2.32. The summed E-state index contributed by atoms with van der Waals surface area (Å²) in [5, 5.41) is 10.9. The lowest BCUT2D eigenvalue weighted by Crippen LogP contribution is -2.40. The van der Waals surface area contributed by atoms with Gasteiger partial charge in [0, 0.05) is 31.5 Å². The molecule has 0 bridgehead atoms. The van der Waals surface area contributed by atoms with E-state index in [4.69, 9.17) is 9.72 Å². The zero-order valence-electron chi connectivity index (χ0n) is 20.6. The molecule has 0 spiro atoms. The minimum absolute atomic E-state index is 0.149. The van der Waals surface area contributed by atoms with Gasteiger partial charge in [-0.2, -0.15) is 5.10 Å². The van der Waals surface area contributed by atoms with Gasteiger partial charge in [0.1, 0.15) is 17.2 Å². The molecule has 0 saturated carbocycles. The molecule has 0 radical (unpaired) electrons. The minimum atomic E-state index is -1.19. The Balaban J connectivity index is 1.66. The molecule has 4 rings (SSSR count). The first-order valence-corrected chi connectivity index (χ1v) is 15.3. The van der Waals surface area contributed by atoms with Crippen LogP contribution >= 0.6 is 0 Å². The minimum Gasteiger partial charge on any atom is -0.381 e. The number of H-pyrrole nitrogens is 1. The number of hydrogen-bond donors (Lipinski definition) is 2. The van der Waals surface area contributed by atoms with Crippen LogP contribution in [0.25, 0.3) is 27.9 Å². The number of halogens is 1. The van der Waals surface area contributed by atoms with Gasteiger partial charge in [0.15, 0.2) is 0 Å². The molecular formula is C25H32FN5O2Si. The Morgan fingerprint density at radius 2 is 2.00 bits per heavy atom. The van der Waals surface area contributed by atoms with E-state index in [0.29, 0.717) is 41.4 Å². The van der Waals surface area contributed by atoms with Crippen LogP contribution in [0.1, 0.15) is 38.1 Å². The van der Waals surface area contributed by atoms with Crippen molar-refractivity contribution in [2.24, 2.45) is 0 Å². The summed E-state index contributed by atoms with van der Waals surface area (Å²) in [5.41, 5.74) is 3.02. The molecule has 0 saturated heterocycles. The summed E-state index contributed by atoms with van der Waals surface area (Å²) in [6.07, 6.45) is 3.56. The second-order valence-corrected chi connectivity index (χ2v) is 16.6. The Morgan fingerprint density at radius 3 is 2.71 bits per heavy atom. The van der Waals surface area contributed by atoms with Gasteiger partial charge in [0.05, 0.1) is 35.3 Å². The number of aromatic amines is 1. The van der Waals surface area contributed by atoms with Crippen molar-refractivity contribution in [3.8, 4) is 11.4 Å².